The molecule has 0 unspecified atom stereocenters. The lowest BCUT2D eigenvalue weighted by atomic mass is 10.0. The van der Waals surface area contributed by atoms with Crippen LogP contribution in [-0.2, 0) is 0 Å². The molecule has 1 aliphatic carbocycles. The van der Waals surface area contributed by atoms with Crippen LogP contribution < -0.4 is 10.5 Å². The van der Waals surface area contributed by atoms with E-state index < -0.39 is 0 Å². The molecule has 2 heteroatoms. The maximum Gasteiger partial charge on any atom is 0.124 e. The van der Waals surface area contributed by atoms with Gasteiger partial charge in [0.2, 0.25) is 0 Å². The van der Waals surface area contributed by atoms with Crippen molar-refractivity contribution < 1.29 is 4.74 Å². The SMILES string of the molecule is COc1ccc(C)c(N)c1C1CC1. The fraction of sp³-hybridized carbons (Fsp3) is 0.455. The summed E-state index contributed by atoms with van der Waals surface area (Å²) in [7, 11) is 1.70. The minimum absolute atomic E-state index is 0.648. The molecule has 1 aliphatic rings. The third kappa shape index (κ3) is 1.37. The maximum absolute atomic E-state index is 6.02. The number of anilines is 1. The molecule has 0 saturated heterocycles. The lowest BCUT2D eigenvalue weighted by Crippen LogP contribution is -1.99. The molecule has 2 rings (SSSR count). The number of methoxy groups -OCH3 is 1. The summed E-state index contributed by atoms with van der Waals surface area (Å²) in [4.78, 5) is 0. The quantitative estimate of drug-likeness (QED) is 0.704. The number of hydrogen-bond acceptors (Lipinski definition) is 2. The first-order valence-electron chi connectivity index (χ1n) is 4.67. The number of hydrogen-bond donors (Lipinski definition) is 1. The van der Waals surface area contributed by atoms with Gasteiger partial charge in [-0.3, -0.25) is 0 Å². The van der Waals surface area contributed by atoms with Crippen LogP contribution in [0.2, 0.25) is 0 Å². The van der Waals surface area contributed by atoms with Crippen LogP contribution in [0.4, 0.5) is 5.69 Å². The molecule has 2 N–H and O–H groups in total. The average Bonchev–Trinajstić information content (AvgIpc) is 2.92. The Labute approximate surface area is 78.7 Å². The highest BCUT2D eigenvalue weighted by Gasteiger charge is 2.29. The lowest BCUT2D eigenvalue weighted by molar-refractivity contribution is 0.410. The van der Waals surface area contributed by atoms with Crippen LogP contribution in [0.3, 0.4) is 0 Å². The molecule has 1 aromatic carbocycles. The highest BCUT2D eigenvalue weighted by atomic mass is 16.5. The van der Waals surface area contributed by atoms with Crippen LogP contribution in [0.1, 0.15) is 29.9 Å². The van der Waals surface area contributed by atoms with Gasteiger partial charge >= 0.3 is 0 Å². The number of nitrogen functional groups attached to an aromatic ring is 1. The molecule has 0 spiro atoms. The normalized spacial score (nSPS) is 15.8. The summed E-state index contributed by atoms with van der Waals surface area (Å²) in [6.07, 6.45) is 2.51. The van der Waals surface area contributed by atoms with Crippen LogP contribution in [-0.4, -0.2) is 7.11 Å². The van der Waals surface area contributed by atoms with Crippen LogP contribution in [0.25, 0.3) is 0 Å². The van der Waals surface area contributed by atoms with Crippen LogP contribution >= 0.6 is 0 Å². The van der Waals surface area contributed by atoms with Gasteiger partial charge in [0.05, 0.1) is 7.11 Å². The summed E-state index contributed by atoms with van der Waals surface area (Å²) in [5, 5.41) is 0. The van der Waals surface area contributed by atoms with Crippen LogP contribution in [0, 0.1) is 6.92 Å². The Balaban J connectivity index is 2.52. The highest BCUT2D eigenvalue weighted by molar-refractivity contribution is 5.62. The summed E-state index contributed by atoms with van der Waals surface area (Å²) in [5.41, 5.74) is 9.32. The van der Waals surface area contributed by atoms with E-state index in [9.17, 15) is 0 Å². The largest absolute Gasteiger partial charge is 0.496 e. The van der Waals surface area contributed by atoms with E-state index in [1.165, 1.54) is 18.4 Å². The van der Waals surface area contributed by atoms with Gasteiger partial charge in [-0.2, -0.15) is 0 Å². The lowest BCUT2D eigenvalue weighted by Gasteiger charge is -2.12. The molecule has 1 saturated carbocycles. The average molecular weight is 177 g/mol. The van der Waals surface area contributed by atoms with E-state index in [-0.39, 0.29) is 0 Å². The van der Waals surface area contributed by atoms with Crippen molar-refractivity contribution in [3.63, 3.8) is 0 Å². The second-order valence-corrected chi connectivity index (χ2v) is 3.69. The molecule has 0 amide bonds. The van der Waals surface area contributed by atoms with Gasteiger partial charge in [-0.05, 0) is 37.3 Å². The first-order chi connectivity index (χ1) is 6.24. The predicted octanol–water partition coefficient (Wildman–Crippen LogP) is 2.46. The summed E-state index contributed by atoms with van der Waals surface area (Å²) in [6.45, 7) is 2.04. The molecule has 0 aliphatic heterocycles. The van der Waals surface area contributed by atoms with Gasteiger partial charge in [-0.1, -0.05) is 6.07 Å². The highest BCUT2D eigenvalue weighted by Crippen LogP contribution is 2.47. The number of nitrogens with two attached hydrogens (primary N) is 1. The van der Waals surface area contributed by atoms with Crippen molar-refractivity contribution in [2.75, 3.05) is 12.8 Å². The zero-order valence-corrected chi connectivity index (χ0v) is 8.13. The molecule has 70 valence electrons. The molecule has 0 aromatic heterocycles. The molecule has 0 atom stereocenters. The van der Waals surface area contributed by atoms with Gasteiger partial charge in [-0.15, -0.1) is 0 Å². The van der Waals surface area contributed by atoms with E-state index >= 15 is 0 Å². The van der Waals surface area contributed by atoms with Gasteiger partial charge in [-0.25, -0.2) is 0 Å². The fourth-order valence-corrected chi connectivity index (χ4v) is 1.70. The molecule has 0 radical (unpaired) electrons. The summed E-state index contributed by atoms with van der Waals surface area (Å²) < 4.78 is 5.30. The topological polar surface area (TPSA) is 35.2 Å². The van der Waals surface area contributed by atoms with Crippen LogP contribution in [0.15, 0.2) is 12.1 Å². The Bertz CT molecular complexity index is 329. The zero-order valence-electron chi connectivity index (χ0n) is 8.13. The Morgan fingerprint density at radius 3 is 2.62 bits per heavy atom. The van der Waals surface area contributed by atoms with Crippen molar-refractivity contribution in [1.82, 2.24) is 0 Å². The van der Waals surface area contributed by atoms with Crippen molar-refractivity contribution in [2.24, 2.45) is 0 Å². The minimum Gasteiger partial charge on any atom is -0.496 e. The summed E-state index contributed by atoms with van der Waals surface area (Å²) in [5.74, 6) is 1.60. The van der Waals surface area contributed by atoms with E-state index in [0.29, 0.717) is 5.92 Å². The van der Waals surface area contributed by atoms with E-state index in [1.54, 1.807) is 7.11 Å². The zero-order chi connectivity index (χ0) is 9.42. The number of rotatable bonds is 2. The second-order valence-electron chi connectivity index (χ2n) is 3.69. The standard InChI is InChI=1S/C11H15NO/c1-7-3-6-9(13-2)10(11(7)12)8-4-5-8/h3,6,8H,4-5,12H2,1-2H3. The van der Waals surface area contributed by atoms with Crippen molar-refractivity contribution in [3.8, 4) is 5.75 Å². The molecule has 2 nitrogen and oxygen atoms in total. The van der Waals surface area contributed by atoms with Gasteiger partial charge in [0.15, 0.2) is 0 Å². The predicted molar refractivity (Wildman–Crippen MR) is 54.1 cm³/mol. The van der Waals surface area contributed by atoms with E-state index in [1.807, 2.05) is 19.1 Å². The molecule has 0 bridgehead atoms. The molecule has 13 heavy (non-hydrogen) atoms. The minimum atomic E-state index is 0.648. The number of benzene rings is 1. The first-order valence-corrected chi connectivity index (χ1v) is 4.67. The van der Waals surface area contributed by atoms with Gasteiger partial charge in [0.1, 0.15) is 5.75 Å². The Morgan fingerprint density at radius 2 is 2.08 bits per heavy atom. The Hall–Kier alpha value is -1.18. The second kappa shape index (κ2) is 2.95. The Morgan fingerprint density at radius 1 is 1.38 bits per heavy atom. The first kappa shape index (κ1) is 8.42. The monoisotopic (exact) mass is 177 g/mol. The molecular formula is C11H15NO. The smallest absolute Gasteiger partial charge is 0.124 e. The van der Waals surface area contributed by atoms with Gasteiger partial charge in [0.25, 0.3) is 0 Å². The number of aryl methyl sites for hydroxylation is 1. The van der Waals surface area contributed by atoms with Gasteiger partial charge in [0, 0.05) is 11.3 Å². The summed E-state index contributed by atoms with van der Waals surface area (Å²) in [6, 6.07) is 4.03. The van der Waals surface area contributed by atoms with E-state index in [4.69, 9.17) is 10.5 Å². The van der Waals surface area contributed by atoms with E-state index in [0.717, 1.165) is 17.0 Å². The van der Waals surface area contributed by atoms with Crippen molar-refractivity contribution in [3.05, 3.63) is 23.3 Å². The number of ether oxygens (including phenoxy) is 1. The maximum atomic E-state index is 6.02. The molecular weight excluding hydrogens is 162 g/mol. The van der Waals surface area contributed by atoms with Crippen molar-refractivity contribution in [1.29, 1.82) is 0 Å². The molecule has 1 aromatic rings. The van der Waals surface area contributed by atoms with E-state index in [2.05, 4.69) is 0 Å². The third-order valence-corrected chi connectivity index (χ3v) is 2.67. The van der Waals surface area contributed by atoms with Crippen LogP contribution in [0.5, 0.6) is 5.75 Å². The Kier molecular flexibility index (Phi) is 1.91. The summed E-state index contributed by atoms with van der Waals surface area (Å²) >= 11 is 0. The van der Waals surface area contributed by atoms with Gasteiger partial charge < -0.3 is 10.5 Å². The van der Waals surface area contributed by atoms with Crippen molar-refractivity contribution >= 4 is 5.69 Å². The van der Waals surface area contributed by atoms with Crippen molar-refractivity contribution in [2.45, 2.75) is 25.7 Å². The molecule has 1 fully saturated rings. The third-order valence-electron chi connectivity index (χ3n) is 2.67. The fourth-order valence-electron chi connectivity index (χ4n) is 1.70. The molecule has 0 heterocycles.